The zero-order valence-electron chi connectivity index (χ0n) is 17.5. The number of nitrogens with zero attached hydrogens (tertiary/aromatic N) is 1. The normalized spacial score (nSPS) is 14.9. The molecule has 0 unspecified atom stereocenters. The van der Waals surface area contributed by atoms with E-state index < -0.39 is 11.8 Å². The van der Waals surface area contributed by atoms with E-state index in [0.717, 1.165) is 4.90 Å². The zero-order chi connectivity index (χ0) is 25.3. The van der Waals surface area contributed by atoms with E-state index in [1.54, 1.807) is 42.5 Å². The maximum Gasteiger partial charge on any atom is 0.270 e. The summed E-state index contributed by atoms with van der Waals surface area (Å²) in [4.78, 5) is 27.0. The highest BCUT2D eigenvalue weighted by molar-refractivity contribution is 9.11. The van der Waals surface area contributed by atoms with Gasteiger partial charge in [0.1, 0.15) is 23.7 Å². The van der Waals surface area contributed by atoms with Crippen molar-refractivity contribution in [1.29, 1.82) is 0 Å². The van der Waals surface area contributed by atoms with Crippen LogP contribution in [0.1, 0.15) is 11.1 Å². The second-order valence-electron chi connectivity index (χ2n) is 7.26. The van der Waals surface area contributed by atoms with Gasteiger partial charge in [0.25, 0.3) is 11.8 Å². The van der Waals surface area contributed by atoms with Crippen LogP contribution in [0, 0.1) is 5.82 Å². The predicted molar refractivity (Wildman–Crippen MR) is 145 cm³/mol. The number of halogens is 5. The van der Waals surface area contributed by atoms with Gasteiger partial charge in [-0.15, -0.1) is 0 Å². The third-order valence-corrected chi connectivity index (χ3v) is 7.15. The monoisotopic (exact) mass is 656 g/mol. The Morgan fingerprint density at radius 2 is 1.74 bits per heavy atom. The average Bonchev–Trinajstić information content (AvgIpc) is 2.79. The Kier molecular flexibility index (Phi) is 7.92. The van der Waals surface area contributed by atoms with Gasteiger partial charge in [-0.25, -0.2) is 4.39 Å². The summed E-state index contributed by atoms with van der Waals surface area (Å²) in [5.74, 6) is -1.17. The Morgan fingerprint density at radius 1 is 1.06 bits per heavy atom. The average molecular weight is 659 g/mol. The van der Waals surface area contributed by atoms with E-state index >= 15 is 0 Å². The molecule has 0 saturated carbocycles. The molecule has 1 N–H and O–H groups in total. The van der Waals surface area contributed by atoms with Crippen molar-refractivity contribution in [2.45, 2.75) is 6.61 Å². The topological polar surface area (TPSA) is 58.6 Å². The summed E-state index contributed by atoms with van der Waals surface area (Å²) in [6.07, 6.45) is 1.43. The second kappa shape index (κ2) is 10.8. The lowest BCUT2D eigenvalue weighted by Gasteiger charge is -2.29. The van der Waals surface area contributed by atoms with Crippen molar-refractivity contribution in [3.63, 3.8) is 0 Å². The minimum Gasteiger partial charge on any atom is -0.487 e. The fourth-order valence-electron chi connectivity index (χ4n) is 3.29. The number of thiocarbonyl (C=S) groups is 1. The Morgan fingerprint density at radius 3 is 2.43 bits per heavy atom. The summed E-state index contributed by atoms with van der Waals surface area (Å²) in [6.45, 7) is 0.142. The molecule has 1 fully saturated rings. The summed E-state index contributed by atoms with van der Waals surface area (Å²) in [7, 11) is 0. The van der Waals surface area contributed by atoms with Gasteiger partial charge in [-0.1, -0.05) is 41.4 Å². The Hall–Kier alpha value is -2.30. The minimum atomic E-state index is -0.651. The summed E-state index contributed by atoms with van der Waals surface area (Å²) >= 11 is 24.5. The molecule has 4 rings (SSSR count). The smallest absolute Gasteiger partial charge is 0.270 e. The van der Waals surface area contributed by atoms with Crippen LogP contribution in [0.15, 0.2) is 69.1 Å². The molecule has 0 aromatic heterocycles. The molecule has 0 bridgehead atoms. The summed E-state index contributed by atoms with van der Waals surface area (Å²) < 4.78 is 20.4. The van der Waals surface area contributed by atoms with E-state index in [-0.39, 0.29) is 38.8 Å². The first-order valence-electron chi connectivity index (χ1n) is 9.87. The number of hydrogen-bond acceptors (Lipinski definition) is 4. The van der Waals surface area contributed by atoms with E-state index in [9.17, 15) is 14.0 Å². The lowest BCUT2D eigenvalue weighted by atomic mass is 10.1. The Labute approximate surface area is 232 Å². The minimum absolute atomic E-state index is 0.107. The van der Waals surface area contributed by atoms with E-state index in [2.05, 4.69) is 37.2 Å². The molecule has 3 aromatic carbocycles. The van der Waals surface area contributed by atoms with Crippen molar-refractivity contribution >= 4 is 96.0 Å². The molecule has 0 radical (unpaired) electrons. The van der Waals surface area contributed by atoms with Crippen LogP contribution in [0.4, 0.5) is 10.1 Å². The SMILES string of the molecule is O=C1NC(=S)N(c2cccc(Cl)c2Cl)C(=O)/C1=C/c1cc(Br)c(OCc2cccc(F)c2)c(Br)c1. The second-order valence-corrected chi connectivity index (χ2v) is 10.1. The molecule has 5 nitrogen and oxygen atoms in total. The number of benzene rings is 3. The largest absolute Gasteiger partial charge is 0.487 e. The molecule has 1 aliphatic rings. The Balaban J connectivity index is 1.63. The van der Waals surface area contributed by atoms with Crippen molar-refractivity contribution in [3.8, 4) is 5.75 Å². The lowest BCUT2D eigenvalue weighted by molar-refractivity contribution is -0.122. The molecule has 3 aromatic rings. The van der Waals surface area contributed by atoms with Crippen LogP contribution in [0.3, 0.4) is 0 Å². The first-order valence-corrected chi connectivity index (χ1v) is 12.6. The van der Waals surface area contributed by atoms with Crippen LogP contribution in [-0.2, 0) is 16.2 Å². The van der Waals surface area contributed by atoms with Gasteiger partial charge < -0.3 is 4.74 Å². The van der Waals surface area contributed by atoms with Gasteiger partial charge in [0.2, 0.25) is 0 Å². The molecule has 1 saturated heterocycles. The van der Waals surface area contributed by atoms with Gasteiger partial charge in [0, 0.05) is 0 Å². The molecule has 11 heteroatoms. The summed E-state index contributed by atoms with van der Waals surface area (Å²) in [6, 6.07) is 14.2. The summed E-state index contributed by atoms with van der Waals surface area (Å²) in [5, 5.41) is 2.77. The molecular weight excluding hydrogens is 646 g/mol. The number of anilines is 1. The van der Waals surface area contributed by atoms with Crippen LogP contribution in [0.25, 0.3) is 6.08 Å². The fraction of sp³-hybridized carbons (Fsp3) is 0.0417. The lowest BCUT2D eigenvalue weighted by Crippen LogP contribution is -2.54. The molecule has 35 heavy (non-hydrogen) atoms. The third-order valence-electron chi connectivity index (χ3n) is 4.88. The quantitative estimate of drug-likeness (QED) is 0.181. The molecule has 1 heterocycles. The van der Waals surface area contributed by atoms with Gasteiger partial charge >= 0.3 is 0 Å². The molecule has 0 aliphatic carbocycles. The van der Waals surface area contributed by atoms with Crippen molar-refractivity contribution in [2.75, 3.05) is 4.90 Å². The fourth-order valence-corrected chi connectivity index (χ4v) is 5.40. The number of carbonyl (C=O) groups is 2. The van der Waals surface area contributed by atoms with Gasteiger partial charge in [-0.3, -0.25) is 19.8 Å². The van der Waals surface area contributed by atoms with E-state index in [0.29, 0.717) is 25.8 Å². The molecule has 0 atom stereocenters. The summed E-state index contributed by atoms with van der Waals surface area (Å²) in [5.41, 5.74) is 1.30. The van der Waals surface area contributed by atoms with E-state index in [1.165, 1.54) is 18.2 Å². The molecule has 0 spiro atoms. The number of amides is 2. The van der Waals surface area contributed by atoms with Crippen molar-refractivity contribution in [1.82, 2.24) is 5.32 Å². The van der Waals surface area contributed by atoms with Crippen molar-refractivity contribution in [2.24, 2.45) is 0 Å². The van der Waals surface area contributed by atoms with E-state index in [1.807, 2.05) is 0 Å². The molecular formula is C24H13Br2Cl2FN2O3S. The molecule has 178 valence electrons. The zero-order valence-corrected chi connectivity index (χ0v) is 23.0. The van der Waals surface area contributed by atoms with Crippen molar-refractivity contribution < 1.29 is 18.7 Å². The van der Waals surface area contributed by atoms with Gasteiger partial charge in [0.15, 0.2) is 5.11 Å². The molecule has 2 amide bonds. The Bertz CT molecular complexity index is 1390. The van der Waals surface area contributed by atoms with Crippen LogP contribution >= 0.6 is 67.3 Å². The molecule has 1 aliphatic heterocycles. The maximum atomic E-state index is 13.4. The first kappa shape index (κ1) is 25.8. The van der Waals surface area contributed by atoms with Crippen LogP contribution < -0.4 is 15.0 Å². The van der Waals surface area contributed by atoms with Crippen LogP contribution in [0.2, 0.25) is 10.0 Å². The number of nitrogens with one attached hydrogen (secondary N) is 1. The van der Waals surface area contributed by atoms with Crippen LogP contribution in [-0.4, -0.2) is 16.9 Å². The third kappa shape index (κ3) is 5.59. The van der Waals surface area contributed by atoms with Crippen molar-refractivity contribution in [3.05, 3.63) is 96.1 Å². The highest BCUT2D eigenvalue weighted by Gasteiger charge is 2.35. The number of rotatable bonds is 5. The predicted octanol–water partition coefficient (Wildman–Crippen LogP) is 7.07. The first-order chi connectivity index (χ1) is 16.7. The highest BCUT2D eigenvalue weighted by Crippen LogP contribution is 2.37. The maximum absolute atomic E-state index is 13.4. The standard InChI is InChI=1S/C24H13Br2Cl2FN2O3S/c25-16-9-13(10-17(26)21(16)34-11-12-3-1-4-14(29)7-12)8-15-22(32)30-24(35)31(23(15)33)19-6-2-5-18(27)20(19)28/h1-10H,11H2,(H,30,32,35)/b15-8+. The van der Waals surface area contributed by atoms with Gasteiger partial charge in [0.05, 0.1) is 24.7 Å². The van der Waals surface area contributed by atoms with Gasteiger partial charge in [-0.05, 0) is 97.7 Å². The van der Waals surface area contributed by atoms with E-state index in [4.69, 9.17) is 40.2 Å². The highest BCUT2D eigenvalue weighted by atomic mass is 79.9. The van der Waals surface area contributed by atoms with Gasteiger partial charge in [-0.2, -0.15) is 0 Å². The number of ether oxygens (including phenoxy) is 1. The number of hydrogen-bond donors (Lipinski definition) is 1. The van der Waals surface area contributed by atoms with Crippen LogP contribution in [0.5, 0.6) is 5.75 Å². The number of carbonyl (C=O) groups excluding carboxylic acids is 2.